The highest BCUT2D eigenvalue weighted by Gasteiger charge is 2.08. The molecular formula is C22H20N2O3. The maximum Gasteiger partial charge on any atom is 0.277 e. The number of hydrazone groups is 1. The van der Waals surface area contributed by atoms with E-state index in [-0.39, 0.29) is 18.3 Å². The number of hydrogen-bond donors (Lipinski definition) is 2. The third-order valence-electron chi connectivity index (χ3n) is 3.96. The highest BCUT2D eigenvalue weighted by atomic mass is 16.5. The molecule has 0 aromatic heterocycles. The highest BCUT2D eigenvalue weighted by molar-refractivity contribution is 5.99. The van der Waals surface area contributed by atoms with Crippen LogP contribution in [0.5, 0.6) is 11.5 Å². The molecule has 0 atom stereocenters. The Morgan fingerprint density at radius 1 is 0.963 bits per heavy atom. The number of amides is 1. The summed E-state index contributed by atoms with van der Waals surface area (Å²) in [5.41, 5.74) is 5.88. The van der Waals surface area contributed by atoms with E-state index in [4.69, 9.17) is 4.74 Å². The number of benzene rings is 3. The van der Waals surface area contributed by atoms with Gasteiger partial charge in [0.1, 0.15) is 11.5 Å². The van der Waals surface area contributed by atoms with Crippen LogP contribution in [0.25, 0.3) is 11.1 Å². The SMILES string of the molecule is CC(=NNC(=O)COc1ccccc1-c1ccccc1)c1ccc(O)cc1. The molecule has 1 amide bonds. The lowest BCUT2D eigenvalue weighted by atomic mass is 10.1. The van der Waals surface area contributed by atoms with E-state index >= 15 is 0 Å². The van der Waals surface area contributed by atoms with E-state index in [1.807, 2.05) is 54.6 Å². The molecule has 0 fully saturated rings. The van der Waals surface area contributed by atoms with E-state index in [1.165, 1.54) is 0 Å². The average molecular weight is 360 g/mol. The lowest BCUT2D eigenvalue weighted by molar-refractivity contribution is -0.123. The van der Waals surface area contributed by atoms with Gasteiger partial charge in [0.25, 0.3) is 5.91 Å². The Bertz CT molecular complexity index is 935. The minimum Gasteiger partial charge on any atom is -0.508 e. The number of nitrogens with zero attached hydrogens (tertiary/aromatic N) is 1. The fourth-order valence-electron chi connectivity index (χ4n) is 2.54. The summed E-state index contributed by atoms with van der Waals surface area (Å²) in [6.45, 7) is 1.63. The zero-order valence-electron chi connectivity index (χ0n) is 14.9. The van der Waals surface area contributed by atoms with Crippen molar-refractivity contribution in [3.05, 3.63) is 84.4 Å². The number of para-hydroxylation sites is 1. The molecule has 3 aromatic carbocycles. The van der Waals surface area contributed by atoms with Gasteiger partial charge in [-0.05, 0) is 48.4 Å². The summed E-state index contributed by atoms with van der Waals surface area (Å²) in [5, 5.41) is 13.4. The van der Waals surface area contributed by atoms with Crippen LogP contribution >= 0.6 is 0 Å². The van der Waals surface area contributed by atoms with Gasteiger partial charge < -0.3 is 9.84 Å². The molecule has 5 heteroatoms. The summed E-state index contributed by atoms with van der Waals surface area (Å²) < 4.78 is 5.69. The molecule has 0 heterocycles. The van der Waals surface area contributed by atoms with Gasteiger partial charge >= 0.3 is 0 Å². The van der Waals surface area contributed by atoms with Crippen LogP contribution in [0.4, 0.5) is 0 Å². The zero-order valence-corrected chi connectivity index (χ0v) is 14.9. The molecular weight excluding hydrogens is 340 g/mol. The minimum absolute atomic E-state index is 0.143. The van der Waals surface area contributed by atoms with E-state index in [9.17, 15) is 9.90 Å². The molecule has 27 heavy (non-hydrogen) atoms. The first-order valence-corrected chi connectivity index (χ1v) is 8.53. The molecule has 2 N–H and O–H groups in total. The lowest BCUT2D eigenvalue weighted by Crippen LogP contribution is -2.25. The fourth-order valence-corrected chi connectivity index (χ4v) is 2.54. The molecule has 0 saturated carbocycles. The van der Waals surface area contributed by atoms with Crippen LogP contribution in [0.1, 0.15) is 12.5 Å². The third-order valence-corrected chi connectivity index (χ3v) is 3.96. The number of hydrogen-bond acceptors (Lipinski definition) is 4. The van der Waals surface area contributed by atoms with Gasteiger partial charge in [0, 0.05) is 5.56 Å². The molecule has 0 saturated heterocycles. The molecule has 5 nitrogen and oxygen atoms in total. The van der Waals surface area contributed by atoms with Gasteiger partial charge in [0.2, 0.25) is 0 Å². The van der Waals surface area contributed by atoms with Gasteiger partial charge in [-0.15, -0.1) is 0 Å². The van der Waals surface area contributed by atoms with Crippen molar-refractivity contribution in [1.29, 1.82) is 0 Å². The monoisotopic (exact) mass is 360 g/mol. The van der Waals surface area contributed by atoms with Gasteiger partial charge in [-0.25, -0.2) is 5.43 Å². The van der Waals surface area contributed by atoms with Crippen molar-refractivity contribution in [1.82, 2.24) is 5.43 Å². The van der Waals surface area contributed by atoms with Crippen LogP contribution in [0.2, 0.25) is 0 Å². The van der Waals surface area contributed by atoms with Crippen LogP contribution in [0, 0.1) is 0 Å². The molecule has 3 rings (SSSR count). The average Bonchev–Trinajstić information content (AvgIpc) is 2.72. The Kier molecular flexibility index (Phi) is 5.84. The Morgan fingerprint density at radius 2 is 1.63 bits per heavy atom. The number of aromatic hydroxyl groups is 1. The summed E-state index contributed by atoms with van der Waals surface area (Å²) >= 11 is 0. The maximum atomic E-state index is 12.1. The maximum absolute atomic E-state index is 12.1. The molecule has 136 valence electrons. The first kappa shape index (κ1) is 18.2. The van der Waals surface area contributed by atoms with Crippen LogP contribution in [0.15, 0.2) is 84.0 Å². The van der Waals surface area contributed by atoms with E-state index < -0.39 is 0 Å². The topological polar surface area (TPSA) is 70.9 Å². The smallest absolute Gasteiger partial charge is 0.277 e. The second-order valence-corrected chi connectivity index (χ2v) is 5.93. The molecule has 3 aromatic rings. The summed E-state index contributed by atoms with van der Waals surface area (Å²) in [4.78, 5) is 12.1. The van der Waals surface area contributed by atoms with Crippen molar-refractivity contribution < 1.29 is 14.6 Å². The van der Waals surface area contributed by atoms with Crippen LogP contribution in [-0.4, -0.2) is 23.3 Å². The van der Waals surface area contributed by atoms with Gasteiger partial charge in [-0.2, -0.15) is 5.10 Å². The first-order chi connectivity index (χ1) is 13.1. The number of carbonyl (C=O) groups is 1. The number of nitrogens with one attached hydrogen (secondary N) is 1. The largest absolute Gasteiger partial charge is 0.508 e. The highest BCUT2D eigenvalue weighted by Crippen LogP contribution is 2.29. The molecule has 0 aliphatic rings. The number of rotatable bonds is 6. The van der Waals surface area contributed by atoms with Crippen molar-refractivity contribution in [2.75, 3.05) is 6.61 Å². The predicted octanol–water partition coefficient (Wildman–Crippen LogP) is 3.98. The zero-order chi connectivity index (χ0) is 19.1. The van der Waals surface area contributed by atoms with Crippen molar-refractivity contribution >= 4 is 11.6 Å². The van der Waals surface area contributed by atoms with E-state index in [2.05, 4.69) is 10.5 Å². The van der Waals surface area contributed by atoms with Crippen molar-refractivity contribution in [3.8, 4) is 22.6 Å². The van der Waals surface area contributed by atoms with Crippen molar-refractivity contribution in [2.45, 2.75) is 6.92 Å². The fraction of sp³-hybridized carbons (Fsp3) is 0.0909. The Balaban J connectivity index is 1.61. The second kappa shape index (κ2) is 8.67. The molecule has 0 spiro atoms. The standard InChI is InChI=1S/C22H20N2O3/c1-16(17-11-13-19(25)14-12-17)23-24-22(26)15-27-21-10-6-5-9-20(21)18-7-3-2-4-8-18/h2-14,25H,15H2,1H3,(H,24,26). The second-order valence-electron chi connectivity index (χ2n) is 5.93. The molecule has 0 aliphatic carbocycles. The van der Waals surface area contributed by atoms with Crippen molar-refractivity contribution in [2.24, 2.45) is 5.10 Å². The van der Waals surface area contributed by atoms with E-state index in [0.717, 1.165) is 16.7 Å². The van der Waals surface area contributed by atoms with E-state index in [0.29, 0.717) is 11.5 Å². The number of phenolic OH excluding ortho intramolecular Hbond substituents is 1. The molecule has 0 bridgehead atoms. The Morgan fingerprint density at radius 3 is 2.37 bits per heavy atom. The van der Waals surface area contributed by atoms with Crippen molar-refractivity contribution in [3.63, 3.8) is 0 Å². The quantitative estimate of drug-likeness (QED) is 0.516. The summed E-state index contributed by atoms with van der Waals surface area (Å²) in [5.74, 6) is 0.468. The van der Waals surface area contributed by atoms with Crippen LogP contribution < -0.4 is 10.2 Å². The Labute approximate surface area is 157 Å². The third kappa shape index (κ3) is 4.95. The van der Waals surface area contributed by atoms with E-state index in [1.54, 1.807) is 31.2 Å². The molecule has 0 aliphatic heterocycles. The number of carbonyl (C=O) groups excluding carboxylic acids is 1. The summed E-state index contributed by atoms with van der Waals surface area (Å²) in [6, 6.07) is 24.0. The van der Waals surface area contributed by atoms with Gasteiger partial charge in [-0.1, -0.05) is 48.5 Å². The Hall–Kier alpha value is -3.60. The van der Waals surface area contributed by atoms with Gasteiger partial charge in [0.05, 0.1) is 5.71 Å². The molecule has 0 radical (unpaired) electrons. The number of phenols is 1. The number of ether oxygens (including phenoxy) is 1. The lowest BCUT2D eigenvalue weighted by Gasteiger charge is -2.11. The molecule has 0 unspecified atom stereocenters. The minimum atomic E-state index is -0.351. The summed E-state index contributed by atoms with van der Waals surface area (Å²) in [6.07, 6.45) is 0. The normalized spacial score (nSPS) is 11.1. The summed E-state index contributed by atoms with van der Waals surface area (Å²) in [7, 11) is 0. The first-order valence-electron chi connectivity index (χ1n) is 8.53. The van der Waals surface area contributed by atoms with Gasteiger partial charge in [0.15, 0.2) is 6.61 Å². The predicted molar refractivity (Wildman–Crippen MR) is 106 cm³/mol. The van der Waals surface area contributed by atoms with Gasteiger partial charge in [-0.3, -0.25) is 4.79 Å². The van der Waals surface area contributed by atoms with Crippen LogP contribution in [0.3, 0.4) is 0 Å². The van der Waals surface area contributed by atoms with Crippen LogP contribution in [-0.2, 0) is 4.79 Å².